The van der Waals surface area contributed by atoms with Crippen molar-refractivity contribution in [3.63, 3.8) is 0 Å². The zero-order valence-electron chi connectivity index (χ0n) is 12.3. The van der Waals surface area contributed by atoms with Gasteiger partial charge >= 0.3 is 0 Å². The number of isocyanates is 2. The molecule has 0 amide bonds. The number of nitrogens with zero attached hydrogens (tertiary/aromatic N) is 2. The van der Waals surface area contributed by atoms with Crippen LogP contribution in [0.15, 0.2) is 46.4 Å². The molecule has 0 aliphatic heterocycles. The van der Waals surface area contributed by atoms with Crippen LogP contribution < -0.4 is 11.5 Å². The first-order valence-electron chi connectivity index (χ1n) is 6.37. The molecule has 0 heterocycles. The van der Waals surface area contributed by atoms with Gasteiger partial charge in [-0.1, -0.05) is 35.9 Å². The molecule has 4 N–H and O–H groups in total. The van der Waals surface area contributed by atoms with Crippen molar-refractivity contribution in [1.82, 2.24) is 0 Å². The van der Waals surface area contributed by atoms with Crippen LogP contribution in [0.4, 0.5) is 22.7 Å². The molecule has 6 nitrogen and oxygen atoms in total. The van der Waals surface area contributed by atoms with Crippen LogP contribution in [0.5, 0.6) is 0 Å². The van der Waals surface area contributed by atoms with Crippen molar-refractivity contribution in [3.05, 3.63) is 47.5 Å². The Kier molecular flexibility index (Phi) is 6.26. The fraction of sp³-hybridized carbons (Fsp3) is 0.125. The summed E-state index contributed by atoms with van der Waals surface area (Å²) >= 11 is 0. The number of hydrogen-bond donors (Lipinski definition) is 2. The monoisotopic (exact) mass is 296 g/mol. The Balaban J connectivity index is 0.000000287. The van der Waals surface area contributed by atoms with E-state index in [4.69, 9.17) is 11.5 Å². The standard InChI is InChI=1S/C9H8N4O2.C7H8/c1-5-2-6(10)7(11)9(13-4-15)8(5)12-3-14;1-7-5-3-2-4-6-7/h2H,10-11H2,1H3;2-6H,1H3. The lowest BCUT2D eigenvalue weighted by molar-refractivity contribution is 0.564. The summed E-state index contributed by atoms with van der Waals surface area (Å²) in [6.45, 7) is 3.75. The Morgan fingerprint density at radius 1 is 0.909 bits per heavy atom. The molecule has 0 bridgehead atoms. The number of anilines is 2. The molecule has 0 aliphatic rings. The van der Waals surface area contributed by atoms with E-state index in [0.717, 1.165) is 0 Å². The molecule has 2 rings (SSSR count). The Labute approximate surface area is 128 Å². The molecule has 22 heavy (non-hydrogen) atoms. The molecule has 0 aromatic heterocycles. The maximum Gasteiger partial charge on any atom is 0.240 e. The second kappa shape index (κ2) is 8.17. The number of nitrogens with two attached hydrogens (primary N) is 2. The second-order valence-electron chi connectivity index (χ2n) is 4.45. The normalized spacial score (nSPS) is 8.82. The lowest BCUT2D eigenvalue weighted by Crippen LogP contribution is -1.96. The highest BCUT2D eigenvalue weighted by atomic mass is 16.1. The summed E-state index contributed by atoms with van der Waals surface area (Å²) in [5.41, 5.74) is 13.6. The molecule has 0 spiro atoms. The SMILES string of the molecule is Cc1cc(N)c(N)c(N=C=O)c1N=C=O.Cc1ccccc1. The fourth-order valence-electron chi connectivity index (χ4n) is 1.71. The lowest BCUT2D eigenvalue weighted by Gasteiger charge is -2.07. The van der Waals surface area contributed by atoms with Gasteiger partial charge in [-0.05, 0) is 25.5 Å². The number of carbonyl (C=O) groups excluding carboxylic acids is 2. The first-order valence-corrected chi connectivity index (χ1v) is 6.37. The Bertz CT molecular complexity index is 744. The average Bonchev–Trinajstić information content (AvgIpc) is 2.50. The first kappa shape index (κ1) is 16.9. The van der Waals surface area contributed by atoms with Crippen molar-refractivity contribution in [3.8, 4) is 0 Å². The average molecular weight is 296 g/mol. The molecule has 0 radical (unpaired) electrons. The van der Waals surface area contributed by atoms with E-state index >= 15 is 0 Å². The van der Waals surface area contributed by atoms with Crippen molar-refractivity contribution in [2.75, 3.05) is 11.5 Å². The number of nitrogen functional groups attached to an aromatic ring is 2. The van der Waals surface area contributed by atoms with Gasteiger partial charge in [0, 0.05) is 0 Å². The Morgan fingerprint density at radius 2 is 1.45 bits per heavy atom. The molecule has 6 heteroatoms. The molecule has 0 saturated heterocycles. The van der Waals surface area contributed by atoms with E-state index < -0.39 is 0 Å². The highest BCUT2D eigenvalue weighted by Crippen LogP contribution is 2.40. The Hall–Kier alpha value is -3.20. The van der Waals surface area contributed by atoms with Crippen LogP contribution in [0.3, 0.4) is 0 Å². The fourth-order valence-corrected chi connectivity index (χ4v) is 1.71. The molecule has 0 saturated carbocycles. The number of benzene rings is 2. The molecule has 2 aromatic rings. The van der Waals surface area contributed by atoms with Gasteiger partial charge in [0.1, 0.15) is 11.4 Å². The summed E-state index contributed by atoms with van der Waals surface area (Å²) < 4.78 is 0. The van der Waals surface area contributed by atoms with Crippen LogP contribution in [0.2, 0.25) is 0 Å². The van der Waals surface area contributed by atoms with Crippen molar-refractivity contribution in [2.45, 2.75) is 13.8 Å². The van der Waals surface area contributed by atoms with E-state index in [0.29, 0.717) is 5.56 Å². The number of aliphatic imine (C=N–C) groups is 2. The van der Waals surface area contributed by atoms with E-state index in [1.54, 1.807) is 6.92 Å². The van der Waals surface area contributed by atoms with Crippen LogP contribution in [0, 0.1) is 13.8 Å². The predicted octanol–water partition coefficient (Wildman–Crippen LogP) is 3.09. The Morgan fingerprint density at radius 3 is 1.91 bits per heavy atom. The van der Waals surface area contributed by atoms with Crippen LogP contribution in [-0.2, 0) is 9.59 Å². The van der Waals surface area contributed by atoms with E-state index in [1.807, 2.05) is 18.2 Å². The van der Waals surface area contributed by atoms with Gasteiger partial charge in [-0.2, -0.15) is 9.98 Å². The van der Waals surface area contributed by atoms with Crippen LogP contribution in [0.1, 0.15) is 11.1 Å². The number of aryl methyl sites for hydroxylation is 2. The summed E-state index contributed by atoms with van der Waals surface area (Å²) in [5.74, 6) is 0. The van der Waals surface area contributed by atoms with Gasteiger partial charge in [-0.25, -0.2) is 9.59 Å². The number of hydrogen-bond acceptors (Lipinski definition) is 6. The minimum Gasteiger partial charge on any atom is -0.397 e. The van der Waals surface area contributed by atoms with E-state index in [1.165, 1.54) is 23.8 Å². The summed E-state index contributed by atoms with van der Waals surface area (Å²) in [6.07, 6.45) is 2.69. The summed E-state index contributed by atoms with van der Waals surface area (Å²) in [6, 6.07) is 11.8. The van der Waals surface area contributed by atoms with Gasteiger partial charge in [0.05, 0.1) is 11.4 Å². The first-order chi connectivity index (χ1) is 10.5. The molecule has 0 atom stereocenters. The molecular formula is C16H16N4O2. The zero-order chi connectivity index (χ0) is 16.5. The van der Waals surface area contributed by atoms with Crippen LogP contribution in [-0.4, -0.2) is 12.2 Å². The van der Waals surface area contributed by atoms with Gasteiger partial charge in [-0.15, -0.1) is 0 Å². The highest BCUT2D eigenvalue weighted by Gasteiger charge is 2.11. The molecule has 112 valence electrons. The topological polar surface area (TPSA) is 111 Å². The van der Waals surface area contributed by atoms with Crippen molar-refractivity contribution in [2.24, 2.45) is 9.98 Å². The second-order valence-corrected chi connectivity index (χ2v) is 4.45. The highest BCUT2D eigenvalue weighted by molar-refractivity contribution is 5.89. The molecule has 2 aromatic carbocycles. The molecule has 0 aliphatic carbocycles. The zero-order valence-corrected chi connectivity index (χ0v) is 12.3. The third-order valence-corrected chi connectivity index (χ3v) is 2.79. The maximum atomic E-state index is 10.2. The quantitative estimate of drug-likeness (QED) is 0.504. The van der Waals surface area contributed by atoms with Crippen LogP contribution >= 0.6 is 0 Å². The van der Waals surface area contributed by atoms with Gasteiger partial charge < -0.3 is 11.5 Å². The van der Waals surface area contributed by atoms with Gasteiger partial charge in [-0.3, -0.25) is 0 Å². The summed E-state index contributed by atoms with van der Waals surface area (Å²) in [7, 11) is 0. The third kappa shape index (κ3) is 4.42. The lowest BCUT2D eigenvalue weighted by atomic mass is 10.1. The smallest absolute Gasteiger partial charge is 0.240 e. The van der Waals surface area contributed by atoms with E-state index in [9.17, 15) is 9.59 Å². The van der Waals surface area contributed by atoms with Gasteiger partial charge in [0.25, 0.3) is 0 Å². The molecule has 0 unspecified atom stereocenters. The third-order valence-electron chi connectivity index (χ3n) is 2.79. The minimum atomic E-state index is 0.0471. The van der Waals surface area contributed by atoms with E-state index in [-0.39, 0.29) is 22.7 Å². The van der Waals surface area contributed by atoms with Crippen molar-refractivity contribution >= 4 is 34.9 Å². The maximum absolute atomic E-state index is 10.2. The van der Waals surface area contributed by atoms with Crippen molar-refractivity contribution in [1.29, 1.82) is 0 Å². The van der Waals surface area contributed by atoms with E-state index in [2.05, 4.69) is 29.0 Å². The summed E-state index contributed by atoms with van der Waals surface area (Å²) in [4.78, 5) is 27.1. The largest absolute Gasteiger partial charge is 0.397 e. The molecule has 0 fully saturated rings. The van der Waals surface area contributed by atoms with Gasteiger partial charge in [0.15, 0.2) is 0 Å². The minimum absolute atomic E-state index is 0.0471. The number of rotatable bonds is 2. The van der Waals surface area contributed by atoms with Gasteiger partial charge in [0.2, 0.25) is 12.2 Å². The van der Waals surface area contributed by atoms with Crippen LogP contribution in [0.25, 0.3) is 0 Å². The summed E-state index contributed by atoms with van der Waals surface area (Å²) in [5, 5.41) is 0. The predicted molar refractivity (Wildman–Crippen MR) is 86.7 cm³/mol. The van der Waals surface area contributed by atoms with Crippen molar-refractivity contribution < 1.29 is 9.59 Å². The molecular weight excluding hydrogens is 280 g/mol.